The van der Waals surface area contributed by atoms with Gasteiger partial charge in [0.2, 0.25) is 11.6 Å². The summed E-state index contributed by atoms with van der Waals surface area (Å²) in [6.45, 7) is 5.95. The molecule has 0 aliphatic heterocycles. The third-order valence-corrected chi connectivity index (χ3v) is 3.93. The van der Waals surface area contributed by atoms with Crippen LogP contribution in [0.15, 0.2) is 29.4 Å². The number of anilines is 1. The normalized spacial score (nSPS) is 11.4. The summed E-state index contributed by atoms with van der Waals surface area (Å²) in [4.78, 5) is 27.8. The molecule has 0 saturated heterocycles. The smallest absolute Gasteiger partial charge is 0.361 e. The molecule has 8 nitrogen and oxygen atoms in total. The van der Waals surface area contributed by atoms with Gasteiger partial charge in [0.1, 0.15) is 30.1 Å². The Kier molecular flexibility index (Phi) is 6.92. The summed E-state index contributed by atoms with van der Waals surface area (Å²) in [7, 11) is 6.22. The van der Waals surface area contributed by atoms with Gasteiger partial charge in [0.15, 0.2) is 0 Å². The number of nitrogens with zero attached hydrogens (tertiary/aromatic N) is 4. The molecule has 0 atom stereocenters. The number of ether oxygens (including phenoxy) is 2. The van der Waals surface area contributed by atoms with Crippen molar-refractivity contribution >= 4 is 17.5 Å². The number of esters is 1. The molecule has 0 saturated carbocycles. The monoisotopic (exact) mass is 386 g/mol. The fourth-order valence-electron chi connectivity index (χ4n) is 2.56. The van der Waals surface area contributed by atoms with E-state index in [-0.39, 0.29) is 11.6 Å². The second-order valence-corrected chi connectivity index (χ2v) is 6.61. The quantitative estimate of drug-likeness (QED) is 0.410. The van der Waals surface area contributed by atoms with Crippen molar-refractivity contribution in [3.05, 3.63) is 41.2 Å². The summed E-state index contributed by atoms with van der Waals surface area (Å²) in [5.74, 6) is 1.40. The van der Waals surface area contributed by atoms with Crippen LogP contribution in [0, 0.1) is 6.92 Å². The van der Waals surface area contributed by atoms with Gasteiger partial charge in [-0.25, -0.2) is 9.78 Å². The van der Waals surface area contributed by atoms with E-state index in [9.17, 15) is 4.79 Å². The zero-order chi connectivity index (χ0) is 20.8. The van der Waals surface area contributed by atoms with E-state index in [0.717, 1.165) is 5.56 Å². The van der Waals surface area contributed by atoms with Gasteiger partial charge in [-0.1, -0.05) is 31.1 Å². The lowest BCUT2D eigenvalue weighted by atomic mass is 10.0. The largest absolute Gasteiger partial charge is 0.464 e. The molecular formula is C20H26N4O4. The van der Waals surface area contributed by atoms with Gasteiger partial charge in [-0.15, -0.1) is 0 Å². The number of carbonyl (C=O) groups excluding carboxylic acids is 1. The van der Waals surface area contributed by atoms with Crippen molar-refractivity contribution in [2.24, 2.45) is 5.16 Å². The summed E-state index contributed by atoms with van der Waals surface area (Å²) < 4.78 is 10.9. The van der Waals surface area contributed by atoms with Crippen molar-refractivity contribution in [1.82, 2.24) is 9.97 Å². The highest BCUT2D eigenvalue weighted by Gasteiger charge is 2.28. The van der Waals surface area contributed by atoms with Crippen LogP contribution in [-0.4, -0.2) is 50.0 Å². The van der Waals surface area contributed by atoms with Crippen molar-refractivity contribution in [1.29, 1.82) is 0 Å². The number of benzene rings is 1. The topological polar surface area (TPSA) is 86.1 Å². The molecule has 2 rings (SSSR count). The molecule has 0 aliphatic rings. The molecule has 150 valence electrons. The number of hydrogen-bond acceptors (Lipinski definition) is 8. The zero-order valence-electron chi connectivity index (χ0n) is 17.3. The van der Waals surface area contributed by atoms with Crippen LogP contribution in [0.25, 0.3) is 0 Å². The third-order valence-electron chi connectivity index (χ3n) is 3.93. The summed E-state index contributed by atoms with van der Waals surface area (Å²) in [5, 5.41) is 3.84. The predicted octanol–water partition coefficient (Wildman–Crippen LogP) is 3.29. The molecule has 0 spiro atoms. The lowest BCUT2D eigenvalue weighted by molar-refractivity contribution is -0.132. The Morgan fingerprint density at radius 3 is 2.46 bits per heavy atom. The Morgan fingerprint density at radius 2 is 1.89 bits per heavy atom. The van der Waals surface area contributed by atoms with E-state index in [1.807, 2.05) is 24.3 Å². The first-order valence-electron chi connectivity index (χ1n) is 8.82. The number of rotatable bonds is 7. The Balaban J connectivity index is 2.67. The molecule has 0 unspecified atom stereocenters. The van der Waals surface area contributed by atoms with E-state index in [1.54, 1.807) is 25.9 Å². The third kappa shape index (κ3) is 4.76. The zero-order valence-corrected chi connectivity index (χ0v) is 17.3. The number of aromatic nitrogens is 2. The van der Waals surface area contributed by atoms with E-state index in [2.05, 4.69) is 29.0 Å². The van der Waals surface area contributed by atoms with E-state index in [0.29, 0.717) is 28.9 Å². The molecule has 2 aromatic rings. The summed E-state index contributed by atoms with van der Waals surface area (Å²) >= 11 is 0. The molecule has 8 heteroatoms. The standard InChI is InChI=1S/C20H26N4O4/c1-12(2)14-9-8-10-15(11-14)28-19-16(17(23-27-7)20(25)26-6)18(24(4)5)21-13(3)22-19/h8-12H,1-7H3. The summed E-state index contributed by atoms with van der Waals surface area (Å²) in [6, 6.07) is 7.71. The highest BCUT2D eigenvalue weighted by atomic mass is 16.6. The Bertz CT molecular complexity index is 879. The molecule has 0 N–H and O–H groups in total. The first-order chi connectivity index (χ1) is 13.3. The Labute approximate surface area is 165 Å². The van der Waals surface area contributed by atoms with E-state index >= 15 is 0 Å². The Morgan fingerprint density at radius 1 is 1.18 bits per heavy atom. The van der Waals surface area contributed by atoms with Crippen LogP contribution in [0.1, 0.15) is 36.7 Å². The molecule has 1 aromatic carbocycles. The lowest BCUT2D eigenvalue weighted by Gasteiger charge is -2.19. The number of oxime groups is 1. The highest BCUT2D eigenvalue weighted by Crippen LogP contribution is 2.31. The number of hydrogen-bond donors (Lipinski definition) is 0. The Hall–Kier alpha value is -3.16. The first kappa shape index (κ1) is 21.1. The number of methoxy groups -OCH3 is 1. The van der Waals surface area contributed by atoms with E-state index < -0.39 is 5.97 Å². The molecular weight excluding hydrogens is 360 g/mol. The molecule has 28 heavy (non-hydrogen) atoms. The average molecular weight is 386 g/mol. The molecule has 1 heterocycles. The lowest BCUT2D eigenvalue weighted by Crippen LogP contribution is -2.24. The number of carbonyl (C=O) groups is 1. The van der Waals surface area contributed by atoms with E-state index in [1.165, 1.54) is 14.2 Å². The second kappa shape index (κ2) is 9.16. The minimum absolute atomic E-state index is 0.0799. The number of aryl methyl sites for hydroxylation is 1. The molecule has 0 radical (unpaired) electrons. The van der Waals surface area contributed by atoms with Crippen LogP contribution in [0.3, 0.4) is 0 Å². The average Bonchev–Trinajstić information content (AvgIpc) is 2.65. The summed E-state index contributed by atoms with van der Waals surface area (Å²) in [5.41, 5.74) is 1.33. The fraction of sp³-hybridized carbons (Fsp3) is 0.400. The van der Waals surface area contributed by atoms with Crippen molar-refractivity contribution in [2.45, 2.75) is 26.7 Å². The van der Waals surface area contributed by atoms with Gasteiger partial charge in [-0.2, -0.15) is 4.98 Å². The second-order valence-electron chi connectivity index (χ2n) is 6.61. The first-order valence-corrected chi connectivity index (χ1v) is 8.82. The molecule has 0 aliphatic carbocycles. The fourth-order valence-corrected chi connectivity index (χ4v) is 2.56. The van der Waals surface area contributed by atoms with Crippen molar-refractivity contribution < 1.29 is 19.1 Å². The van der Waals surface area contributed by atoms with Gasteiger partial charge in [-0.3, -0.25) is 0 Å². The van der Waals surface area contributed by atoms with Gasteiger partial charge in [-0.05, 0) is 30.5 Å². The van der Waals surface area contributed by atoms with Gasteiger partial charge in [0, 0.05) is 14.1 Å². The van der Waals surface area contributed by atoms with Crippen LogP contribution >= 0.6 is 0 Å². The minimum Gasteiger partial charge on any atom is -0.464 e. The van der Waals surface area contributed by atoms with E-state index in [4.69, 9.17) is 14.3 Å². The van der Waals surface area contributed by atoms with Gasteiger partial charge in [0.05, 0.1) is 7.11 Å². The maximum Gasteiger partial charge on any atom is 0.361 e. The van der Waals surface area contributed by atoms with Crippen LogP contribution in [0.4, 0.5) is 5.82 Å². The van der Waals surface area contributed by atoms with Crippen LogP contribution < -0.4 is 9.64 Å². The van der Waals surface area contributed by atoms with Crippen LogP contribution in [0.2, 0.25) is 0 Å². The molecule has 0 fully saturated rings. The van der Waals surface area contributed by atoms with Gasteiger partial charge < -0.3 is 19.2 Å². The van der Waals surface area contributed by atoms with Crippen molar-refractivity contribution in [3.8, 4) is 11.6 Å². The minimum atomic E-state index is -0.682. The van der Waals surface area contributed by atoms with Crippen LogP contribution in [0.5, 0.6) is 11.6 Å². The molecule has 1 aromatic heterocycles. The summed E-state index contributed by atoms with van der Waals surface area (Å²) in [6.07, 6.45) is 0. The van der Waals surface area contributed by atoms with Crippen molar-refractivity contribution in [3.63, 3.8) is 0 Å². The highest BCUT2D eigenvalue weighted by molar-refractivity contribution is 6.44. The van der Waals surface area contributed by atoms with Gasteiger partial charge in [0.25, 0.3) is 0 Å². The maximum absolute atomic E-state index is 12.3. The van der Waals surface area contributed by atoms with Gasteiger partial charge >= 0.3 is 5.97 Å². The van der Waals surface area contributed by atoms with Crippen molar-refractivity contribution in [2.75, 3.05) is 33.2 Å². The molecule has 0 amide bonds. The maximum atomic E-state index is 12.3. The van der Waals surface area contributed by atoms with Crippen LogP contribution in [-0.2, 0) is 14.4 Å². The predicted molar refractivity (Wildman–Crippen MR) is 107 cm³/mol. The molecule has 0 bridgehead atoms. The SMILES string of the molecule is CON=C(C(=O)OC)c1c(Oc2cccc(C(C)C)c2)nc(C)nc1N(C)C.